The van der Waals surface area contributed by atoms with Gasteiger partial charge in [0.05, 0.1) is 6.04 Å². The number of halogens is 1. The number of nitrogens with one attached hydrogen (secondary N) is 1. The van der Waals surface area contributed by atoms with Crippen molar-refractivity contribution in [2.24, 2.45) is 0 Å². The van der Waals surface area contributed by atoms with Gasteiger partial charge in [0.15, 0.2) is 0 Å². The molecule has 0 aliphatic heterocycles. The zero-order valence-corrected chi connectivity index (χ0v) is 14.1. The Kier molecular flexibility index (Phi) is 4.63. The van der Waals surface area contributed by atoms with E-state index in [0.717, 1.165) is 0 Å². The zero-order valence-electron chi connectivity index (χ0n) is 11.9. The molecule has 2 aromatic carbocycles. The van der Waals surface area contributed by atoms with Crippen molar-refractivity contribution in [2.45, 2.75) is 26.8 Å². The Hall–Kier alpha value is -0.870. The summed E-state index contributed by atoms with van der Waals surface area (Å²) in [5, 5.41) is 3.46. The fraction of sp³-hybridized carbons (Fsp3) is 0.294. The van der Waals surface area contributed by atoms with Crippen molar-refractivity contribution >= 4 is 22.6 Å². The Bertz CT molecular complexity index is 590. The Labute approximate surface area is 129 Å². The maximum atomic E-state index is 3.46. The Morgan fingerprint density at radius 2 is 1.68 bits per heavy atom. The van der Waals surface area contributed by atoms with E-state index in [2.05, 4.69) is 85.1 Å². The first-order valence-electron chi connectivity index (χ1n) is 6.54. The lowest BCUT2D eigenvalue weighted by atomic mass is 9.93. The van der Waals surface area contributed by atoms with Crippen LogP contribution in [-0.2, 0) is 0 Å². The van der Waals surface area contributed by atoms with Crippen LogP contribution < -0.4 is 5.32 Å². The average molecular weight is 365 g/mol. The van der Waals surface area contributed by atoms with Crippen LogP contribution in [0.4, 0.5) is 0 Å². The minimum absolute atomic E-state index is 0.257. The second-order valence-corrected chi connectivity index (χ2v) is 6.14. The molecule has 0 saturated heterocycles. The second kappa shape index (κ2) is 6.06. The van der Waals surface area contributed by atoms with Crippen LogP contribution in [0.1, 0.15) is 33.9 Å². The molecule has 0 amide bonds. The van der Waals surface area contributed by atoms with Gasteiger partial charge in [-0.15, -0.1) is 0 Å². The molecule has 0 saturated carbocycles. The Morgan fingerprint density at radius 3 is 2.32 bits per heavy atom. The SMILES string of the molecule is CNC(c1ccc(C)cc1C)c1cccc(C)c1I. The van der Waals surface area contributed by atoms with Crippen LogP contribution >= 0.6 is 22.6 Å². The van der Waals surface area contributed by atoms with Crippen molar-refractivity contribution in [3.05, 3.63) is 67.8 Å². The summed E-state index contributed by atoms with van der Waals surface area (Å²) in [7, 11) is 2.03. The van der Waals surface area contributed by atoms with Crippen LogP contribution in [0.5, 0.6) is 0 Å². The van der Waals surface area contributed by atoms with Gasteiger partial charge in [0.25, 0.3) is 0 Å². The highest BCUT2D eigenvalue weighted by Gasteiger charge is 2.17. The smallest absolute Gasteiger partial charge is 0.0587 e. The van der Waals surface area contributed by atoms with E-state index in [1.807, 2.05) is 7.05 Å². The molecule has 0 spiro atoms. The van der Waals surface area contributed by atoms with Gasteiger partial charge in [-0.2, -0.15) is 0 Å². The number of benzene rings is 2. The van der Waals surface area contributed by atoms with Crippen LogP contribution in [0.3, 0.4) is 0 Å². The summed E-state index contributed by atoms with van der Waals surface area (Å²) in [6, 6.07) is 13.5. The van der Waals surface area contributed by atoms with Gasteiger partial charge in [0.1, 0.15) is 0 Å². The van der Waals surface area contributed by atoms with Crippen molar-refractivity contribution in [3.8, 4) is 0 Å². The number of rotatable bonds is 3. The standard InChI is InChI=1S/C17H20IN/c1-11-8-9-14(13(3)10-11)17(19-4)15-7-5-6-12(2)16(15)18/h5-10,17,19H,1-4H3. The molecule has 2 heteroatoms. The van der Waals surface area contributed by atoms with Gasteiger partial charge in [-0.05, 0) is 72.7 Å². The van der Waals surface area contributed by atoms with Crippen LogP contribution in [0.25, 0.3) is 0 Å². The van der Waals surface area contributed by atoms with Crippen molar-refractivity contribution in [1.29, 1.82) is 0 Å². The molecule has 1 nitrogen and oxygen atoms in total. The van der Waals surface area contributed by atoms with E-state index in [9.17, 15) is 0 Å². The molecule has 0 bridgehead atoms. The first kappa shape index (κ1) is 14.5. The van der Waals surface area contributed by atoms with Gasteiger partial charge in [-0.3, -0.25) is 0 Å². The van der Waals surface area contributed by atoms with Crippen molar-refractivity contribution in [2.75, 3.05) is 7.05 Å². The highest BCUT2D eigenvalue weighted by Crippen LogP contribution is 2.29. The summed E-state index contributed by atoms with van der Waals surface area (Å²) in [6.07, 6.45) is 0. The monoisotopic (exact) mass is 365 g/mol. The van der Waals surface area contributed by atoms with Crippen molar-refractivity contribution in [1.82, 2.24) is 5.32 Å². The van der Waals surface area contributed by atoms with E-state index < -0.39 is 0 Å². The van der Waals surface area contributed by atoms with E-state index in [1.165, 1.54) is 31.4 Å². The molecule has 1 atom stereocenters. The van der Waals surface area contributed by atoms with Crippen LogP contribution in [0, 0.1) is 24.3 Å². The van der Waals surface area contributed by atoms with Crippen LogP contribution in [-0.4, -0.2) is 7.05 Å². The summed E-state index contributed by atoms with van der Waals surface area (Å²) < 4.78 is 1.35. The molecule has 19 heavy (non-hydrogen) atoms. The van der Waals surface area contributed by atoms with Crippen molar-refractivity contribution in [3.63, 3.8) is 0 Å². The van der Waals surface area contributed by atoms with E-state index in [1.54, 1.807) is 0 Å². The van der Waals surface area contributed by atoms with E-state index in [-0.39, 0.29) is 6.04 Å². The molecular formula is C17H20IN. The molecular weight excluding hydrogens is 345 g/mol. The molecule has 100 valence electrons. The number of hydrogen-bond acceptors (Lipinski definition) is 1. The first-order valence-corrected chi connectivity index (χ1v) is 7.62. The minimum atomic E-state index is 0.257. The predicted molar refractivity (Wildman–Crippen MR) is 90.7 cm³/mol. The van der Waals surface area contributed by atoms with Gasteiger partial charge in [0, 0.05) is 3.57 Å². The molecule has 0 aromatic heterocycles. The maximum absolute atomic E-state index is 3.46. The highest BCUT2D eigenvalue weighted by molar-refractivity contribution is 14.1. The molecule has 1 N–H and O–H groups in total. The fourth-order valence-corrected chi connectivity index (χ4v) is 3.19. The third kappa shape index (κ3) is 3.00. The number of aryl methyl sites for hydroxylation is 3. The van der Waals surface area contributed by atoms with E-state index in [0.29, 0.717) is 0 Å². The summed E-state index contributed by atoms with van der Waals surface area (Å²) in [5.41, 5.74) is 6.71. The van der Waals surface area contributed by atoms with Gasteiger partial charge in [-0.25, -0.2) is 0 Å². The molecule has 2 rings (SSSR count). The maximum Gasteiger partial charge on any atom is 0.0587 e. The lowest BCUT2D eigenvalue weighted by molar-refractivity contribution is 0.683. The molecule has 0 aliphatic carbocycles. The average Bonchev–Trinajstić information content (AvgIpc) is 2.37. The third-order valence-corrected chi connectivity index (χ3v) is 5.03. The second-order valence-electron chi connectivity index (χ2n) is 5.06. The lowest BCUT2D eigenvalue weighted by Crippen LogP contribution is -2.20. The summed E-state index contributed by atoms with van der Waals surface area (Å²) in [4.78, 5) is 0. The van der Waals surface area contributed by atoms with Gasteiger partial charge >= 0.3 is 0 Å². The topological polar surface area (TPSA) is 12.0 Å². The summed E-state index contributed by atoms with van der Waals surface area (Å²) in [5.74, 6) is 0. The molecule has 0 heterocycles. The van der Waals surface area contributed by atoms with E-state index in [4.69, 9.17) is 0 Å². The summed E-state index contributed by atoms with van der Waals surface area (Å²) >= 11 is 2.45. The zero-order chi connectivity index (χ0) is 14.0. The fourth-order valence-electron chi connectivity index (χ4n) is 2.52. The van der Waals surface area contributed by atoms with Crippen LogP contribution in [0.2, 0.25) is 0 Å². The summed E-state index contributed by atoms with van der Waals surface area (Å²) in [6.45, 7) is 6.50. The molecule has 0 fully saturated rings. The normalized spacial score (nSPS) is 12.5. The third-order valence-electron chi connectivity index (χ3n) is 3.56. The molecule has 0 aliphatic rings. The molecule has 2 aromatic rings. The first-order chi connectivity index (χ1) is 9.04. The lowest BCUT2D eigenvalue weighted by Gasteiger charge is -2.22. The Balaban J connectivity index is 2.53. The van der Waals surface area contributed by atoms with Gasteiger partial charge in [0.2, 0.25) is 0 Å². The Morgan fingerprint density at radius 1 is 0.947 bits per heavy atom. The minimum Gasteiger partial charge on any atom is -0.309 e. The van der Waals surface area contributed by atoms with Crippen molar-refractivity contribution < 1.29 is 0 Å². The van der Waals surface area contributed by atoms with Gasteiger partial charge < -0.3 is 5.32 Å². The number of hydrogen-bond donors (Lipinski definition) is 1. The van der Waals surface area contributed by atoms with E-state index >= 15 is 0 Å². The van der Waals surface area contributed by atoms with Gasteiger partial charge in [-0.1, -0.05) is 42.0 Å². The predicted octanol–water partition coefficient (Wildman–Crippen LogP) is 4.53. The van der Waals surface area contributed by atoms with Crippen LogP contribution in [0.15, 0.2) is 36.4 Å². The largest absolute Gasteiger partial charge is 0.309 e. The molecule has 1 unspecified atom stereocenters. The quantitative estimate of drug-likeness (QED) is 0.789. The highest BCUT2D eigenvalue weighted by atomic mass is 127. The molecule has 0 radical (unpaired) electrons.